The SMILES string of the molecule is CC(C)CCOc1ccc(/C=N\NC(N)=O)cc1. The van der Waals surface area contributed by atoms with Gasteiger partial charge in [-0.1, -0.05) is 13.8 Å². The van der Waals surface area contributed by atoms with Gasteiger partial charge in [0.05, 0.1) is 12.8 Å². The van der Waals surface area contributed by atoms with E-state index in [1.807, 2.05) is 24.3 Å². The molecule has 0 atom stereocenters. The first-order chi connectivity index (χ1) is 8.58. The van der Waals surface area contributed by atoms with Crippen LogP contribution in [0, 0.1) is 5.92 Å². The first-order valence-electron chi connectivity index (χ1n) is 5.89. The third kappa shape index (κ3) is 5.89. The number of nitrogens with two attached hydrogens (primary N) is 1. The van der Waals surface area contributed by atoms with Crippen molar-refractivity contribution in [2.24, 2.45) is 16.8 Å². The van der Waals surface area contributed by atoms with E-state index in [1.165, 1.54) is 6.21 Å². The van der Waals surface area contributed by atoms with Crippen LogP contribution in [0.5, 0.6) is 5.75 Å². The van der Waals surface area contributed by atoms with E-state index in [0.717, 1.165) is 17.7 Å². The third-order valence-electron chi connectivity index (χ3n) is 2.23. The number of nitrogens with zero attached hydrogens (tertiary/aromatic N) is 1. The Morgan fingerprint density at radius 3 is 2.67 bits per heavy atom. The predicted octanol–water partition coefficient (Wildman–Crippen LogP) is 2.11. The summed E-state index contributed by atoms with van der Waals surface area (Å²) >= 11 is 0. The maximum absolute atomic E-state index is 10.4. The van der Waals surface area contributed by atoms with Gasteiger partial charge in [0.1, 0.15) is 5.75 Å². The van der Waals surface area contributed by atoms with Gasteiger partial charge in [0.15, 0.2) is 0 Å². The Bertz CT molecular complexity index is 399. The standard InChI is InChI=1S/C13H19N3O2/c1-10(2)7-8-18-12-5-3-11(4-6-12)9-15-16-13(14)17/h3-6,9-10H,7-8H2,1-2H3,(H3,14,16,17)/b15-9-. The fourth-order valence-corrected chi connectivity index (χ4v) is 1.23. The third-order valence-corrected chi connectivity index (χ3v) is 2.23. The number of benzene rings is 1. The second kappa shape index (κ2) is 7.32. The van der Waals surface area contributed by atoms with E-state index in [1.54, 1.807) is 0 Å². The van der Waals surface area contributed by atoms with Crippen LogP contribution in [0.1, 0.15) is 25.8 Å². The molecule has 0 aromatic heterocycles. The van der Waals surface area contributed by atoms with E-state index in [2.05, 4.69) is 24.4 Å². The lowest BCUT2D eigenvalue weighted by molar-refractivity contribution is 0.249. The van der Waals surface area contributed by atoms with E-state index in [0.29, 0.717) is 12.5 Å². The molecule has 0 aliphatic heterocycles. The quantitative estimate of drug-likeness (QED) is 0.598. The zero-order chi connectivity index (χ0) is 13.4. The number of hydrogen-bond donors (Lipinski definition) is 2. The fourth-order valence-electron chi connectivity index (χ4n) is 1.23. The van der Waals surface area contributed by atoms with Crippen LogP contribution in [0.2, 0.25) is 0 Å². The van der Waals surface area contributed by atoms with Gasteiger partial charge in [0.25, 0.3) is 0 Å². The van der Waals surface area contributed by atoms with Gasteiger partial charge in [0, 0.05) is 0 Å². The molecular weight excluding hydrogens is 230 g/mol. The van der Waals surface area contributed by atoms with E-state index < -0.39 is 6.03 Å². The van der Waals surface area contributed by atoms with E-state index >= 15 is 0 Å². The lowest BCUT2D eigenvalue weighted by Crippen LogP contribution is -2.24. The number of hydrazone groups is 1. The molecule has 0 saturated heterocycles. The van der Waals surface area contributed by atoms with Gasteiger partial charge in [-0.25, -0.2) is 10.2 Å². The Kier molecular flexibility index (Phi) is 5.70. The van der Waals surface area contributed by atoms with Gasteiger partial charge in [-0.05, 0) is 42.2 Å². The van der Waals surface area contributed by atoms with Crippen LogP contribution in [0.25, 0.3) is 0 Å². The number of nitrogens with one attached hydrogen (secondary N) is 1. The number of amides is 2. The summed E-state index contributed by atoms with van der Waals surface area (Å²) in [4.78, 5) is 10.4. The molecule has 0 unspecified atom stereocenters. The van der Waals surface area contributed by atoms with Crippen LogP contribution < -0.4 is 15.9 Å². The highest BCUT2D eigenvalue weighted by Crippen LogP contribution is 2.12. The number of rotatable bonds is 6. The van der Waals surface area contributed by atoms with Crippen molar-refractivity contribution in [2.45, 2.75) is 20.3 Å². The molecule has 5 nitrogen and oxygen atoms in total. The highest BCUT2D eigenvalue weighted by atomic mass is 16.5. The van der Waals surface area contributed by atoms with Crippen molar-refractivity contribution < 1.29 is 9.53 Å². The second-order valence-corrected chi connectivity index (χ2v) is 4.33. The number of hydrogen-bond acceptors (Lipinski definition) is 3. The molecular formula is C13H19N3O2. The van der Waals surface area contributed by atoms with E-state index in [9.17, 15) is 4.79 Å². The molecule has 2 amide bonds. The number of carbonyl (C=O) groups is 1. The van der Waals surface area contributed by atoms with Crippen LogP contribution in [0.3, 0.4) is 0 Å². The number of ether oxygens (including phenoxy) is 1. The summed E-state index contributed by atoms with van der Waals surface area (Å²) < 4.78 is 5.58. The van der Waals surface area contributed by atoms with Crippen molar-refractivity contribution in [2.75, 3.05) is 6.61 Å². The van der Waals surface area contributed by atoms with Crippen LogP contribution in [0.4, 0.5) is 4.79 Å². The van der Waals surface area contributed by atoms with Gasteiger partial charge in [0.2, 0.25) is 0 Å². The van der Waals surface area contributed by atoms with Crippen molar-refractivity contribution in [1.82, 2.24) is 5.43 Å². The number of carbonyl (C=O) groups excluding carboxylic acids is 1. The Morgan fingerprint density at radius 2 is 2.11 bits per heavy atom. The molecule has 18 heavy (non-hydrogen) atoms. The highest BCUT2D eigenvalue weighted by molar-refractivity contribution is 5.81. The molecule has 0 radical (unpaired) electrons. The molecule has 0 fully saturated rings. The molecule has 1 aromatic rings. The lowest BCUT2D eigenvalue weighted by atomic mass is 10.1. The molecule has 1 rings (SSSR count). The highest BCUT2D eigenvalue weighted by Gasteiger charge is 1.96. The van der Waals surface area contributed by atoms with Gasteiger partial charge in [-0.3, -0.25) is 0 Å². The van der Waals surface area contributed by atoms with Crippen LogP contribution in [-0.2, 0) is 0 Å². The van der Waals surface area contributed by atoms with Gasteiger partial charge < -0.3 is 10.5 Å². The first-order valence-corrected chi connectivity index (χ1v) is 5.89. The van der Waals surface area contributed by atoms with Gasteiger partial charge in [-0.15, -0.1) is 0 Å². The van der Waals surface area contributed by atoms with Crippen LogP contribution in [-0.4, -0.2) is 18.9 Å². The van der Waals surface area contributed by atoms with Crippen molar-refractivity contribution in [3.8, 4) is 5.75 Å². The summed E-state index contributed by atoms with van der Waals surface area (Å²) in [6, 6.07) is 6.77. The van der Waals surface area contributed by atoms with Crippen molar-refractivity contribution in [3.05, 3.63) is 29.8 Å². The summed E-state index contributed by atoms with van der Waals surface area (Å²) in [7, 11) is 0. The fraction of sp³-hybridized carbons (Fsp3) is 0.385. The first kappa shape index (κ1) is 14.0. The van der Waals surface area contributed by atoms with Crippen molar-refractivity contribution >= 4 is 12.2 Å². The van der Waals surface area contributed by atoms with E-state index in [4.69, 9.17) is 10.5 Å². The maximum atomic E-state index is 10.4. The summed E-state index contributed by atoms with van der Waals surface area (Å²) in [6.07, 6.45) is 2.55. The Morgan fingerprint density at radius 1 is 1.44 bits per heavy atom. The second-order valence-electron chi connectivity index (χ2n) is 4.33. The molecule has 5 heteroatoms. The topological polar surface area (TPSA) is 76.7 Å². The molecule has 0 spiro atoms. The van der Waals surface area contributed by atoms with Gasteiger partial charge >= 0.3 is 6.03 Å². The largest absolute Gasteiger partial charge is 0.494 e. The minimum absolute atomic E-state index is 0.635. The Labute approximate surface area is 107 Å². The summed E-state index contributed by atoms with van der Waals surface area (Å²) in [5.41, 5.74) is 7.87. The normalized spacial score (nSPS) is 10.8. The van der Waals surface area contributed by atoms with Crippen molar-refractivity contribution in [3.63, 3.8) is 0 Å². The molecule has 98 valence electrons. The zero-order valence-electron chi connectivity index (χ0n) is 10.7. The summed E-state index contributed by atoms with van der Waals surface area (Å²) in [5, 5.41) is 3.67. The van der Waals surface area contributed by atoms with E-state index in [-0.39, 0.29) is 0 Å². The molecule has 3 N–H and O–H groups in total. The molecule has 0 heterocycles. The molecule has 0 saturated carbocycles. The zero-order valence-corrected chi connectivity index (χ0v) is 10.7. The molecule has 1 aromatic carbocycles. The lowest BCUT2D eigenvalue weighted by Gasteiger charge is -2.07. The molecule has 0 aliphatic rings. The predicted molar refractivity (Wildman–Crippen MR) is 71.7 cm³/mol. The van der Waals surface area contributed by atoms with Crippen molar-refractivity contribution in [1.29, 1.82) is 0 Å². The monoisotopic (exact) mass is 249 g/mol. The van der Waals surface area contributed by atoms with Crippen LogP contribution in [0.15, 0.2) is 29.4 Å². The number of primary amides is 1. The Hall–Kier alpha value is -2.04. The van der Waals surface area contributed by atoms with Crippen LogP contribution >= 0.6 is 0 Å². The summed E-state index contributed by atoms with van der Waals surface area (Å²) in [5.74, 6) is 1.46. The minimum Gasteiger partial charge on any atom is -0.494 e. The van der Waals surface area contributed by atoms with Gasteiger partial charge in [-0.2, -0.15) is 5.10 Å². The summed E-state index contributed by atoms with van der Waals surface area (Å²) in [6.45, 7) is 5.04. The Balaban J connectivity index is 2.42. The average Bonchev–Trinajstić information content (AvgIpc) is 2.30. The molecule has 0 bridgehead atoms. The average molecular weight is 249 g/mol. The molecule has 0 aliphatic carbocycles. The smallest absolute Gasteiger partial charge is 0.332 e. The minimum atomic E-state index is -0.681. The number of urea groups is 1. The maximum Gasteiger partial charge on any atom is 0.332 e.